The number of thiazole rings is 1. The molecule has 2 bridgehead atoms. The summed E-state index contributed by atoms with van der Waals surface area (Å²) in [5.74, 6) is -0.550. The summed E-state index contributed by atoms with van der Waals surface area (Å²) in [7, 11) is 0. The van der Waals surface area contributed by atoms with Crippen LogP contribution >= 0.6 is 11.3 Å². The average Bonchev–Trinajstić information content (AvgIpc) is 3.20. The van der Waals surface area contributed by atoms with Gasteiger partial charge in [-0.25, -0.2) is 4.98 Å². The summed E-state index contributed by atoms with van der Waals surface area (Å²) >= 11 is 1.39. The van der Waals surface area contributed by atoms with Gasteiger partial charge in [0.15, 0.2) is 5.13 Å². The summed E-state index contributed by atoms with van der Waals surface area (Å²) in [4.78, 5) is 7.22. The van der Waals surface area contributed by atoms with Gasteiger partial charge in [-0.3, -0.25) is 0 Å². The van der Waals surface area contributed by atoms with Crippen LogP contribution in [0.4, 0.5) is 13.9 Å². The Kier molecular flexibility index (Phi) is 2.71. The normalized spacial score (nSPS) is 25.1. The van der Waals surface area contributed by atoms with Crippen molar-refractivity contribution in [2.75, 3.05) is 18.0 Å². The van der Waals surface area contributed by atoms with E-state index in [1.165, 1.54) is 11.3 Å². The summed E-state index contributed by atoms with van der Waals surface area (Å²) in [5.41, 5.74) is 0. The third-order valence-corrected chi connectivity index (χ3v) is 4.66. The van der Waals surface area contributed by atoms with Crippen LogP contribution in [-0.4, -0.2) is 40.4 Å². The summed E-state index contributed by atoms with van der Waals surface area (Å²) < 4.78 is 29.8. The largest absolute Gasteiger partial charge is 0.414 e. The summed E-state index contributed by atoms with van der Waals surface area (Å²) in [6.07, 6.45) is -0.0169. The first-order valence-electron chi connectivity index (χ1n) is 6.28. The Bertz CT molecular complexity index is 630. The van der Waals surface area contributed by atoms with Crippen LogP contribution in [0.5, 0.6) is 0 Å². The lowest BCUT2D eigenvalue weighted by molar-refractivity contribution is 0.116. The molecule has 0 aromatic carbocycles. The predicted molar refractivity (Wildman–Crippen MR) is 67.9 cm³/mol. The molecular formula is C11H11F2N5OS. The van der Waals surface area contributed by atoms with Gasteiger partial charge in [0, 0.05) is 25.2 Å². The Labute approximate surface area is 116 Å². The van der Waals surface area contributed by atoms with Crippen LogP contribution in [0.1, 0.15) is 18.7 Å². The van der Waals surface area contributed by atoms with E-state index in [0.29, 0.717) is 17.0 Å². The standard InChI is InChI=1S/C11H11F2N5OS/c12-8(13)10-17-16-9(19-10)7-3-15-11(20-7)18-4-5-1-6(18)2-14-5/h3,5-6,8,14H,1-2,4H2. The highest BCUT2D eigenvalue weighted by Gasteiger charge is 2.38. The third-order valence-electron chi connectivity index (χ3n) is 3.63. The zero-order chi connectivity index (χ0) is 13.7. The Morgan fingerprint density at radius 2 is 2.35 bits per heavy atom. The molecule has 2 aromatic rings. The fraction of sp³-hybridized carbons (Fsp3) is 0.545. The number of hydrogen-bond donors (Lipinski definition) is 1. The fourth-order valence-electron chi connectivity index (χ4n) is 2.71. The van der Waals surface area contributed by atoms with Crippen molar-refractivity contribution in [2.24, 2.45) is 0 Å². The number of alkyl halides is 2. The van der Waals surface area contributed by atoms with E-state index < -0.39 is 12.3 Å². The highest BCUT2D eigenvalue weighted by Crippen LogP contribution is 2.36. The average molecular weight is 299 g/mol. The van der Waals surface area contributed by atoms with E-state index in [2.05, 4.69) is 25.4 Å². The number of hydrogen-bond acceptors (Lipinski definition) is 7. The maximum atomic E-state index is 12.4. The van der Waals surface area contributed by atoms with E-state index in [4.69, 9.17) is 4.42 Å². The van der Waals surface area contributed by atoms with Crippen molar-refractivity contribution in [1.82, 2.24) is 20.5 Å². The van der Waals surface area contributed by atoms with Gasteiger partial charge in [-0.1, -0.05) is 11.3 Å². The monoisotopic (exact) mass is 299 g/mol. The van der Waals surface area contributed by atoms with Crippen LogP contribution in [0.15, 0.2) is 10.6 Å². The van der Waals surface area contributed by atoms with E-state index in [9.17, 15) is 8.78 Å². The molecule has 2 aromatic heterocycles. The van der Waals surface area contributed by atoms with Gasteiger partial charge in [-0.05, 0) is 6.42 Å². The van der Waals surface area contributed by atoms with Crippen LogP contribution in [0, 0.1) is 0 Å². The maximum Gasteiger partial charge on any atom is 0.314 e. The van der Waals surface area contributed by atoms with Crippen molar-refractivity contribution in [2.45, 2.75) is 24.9 Å². The van der Waals surface area contributed by atoms with Gasteiger partial charge in [0.25, 0.3) is 11.8 Å². The fourth-order valence-corrected chi connectivity index (χ4v) is 3.63. The van der Waals surface area contributed by atoms with E-state index in [0.717, 1.165) is 24.6 Å². The van der Waals surface area contributed by atoms with E-state index in [-0.39, 0.29) is 5.89 Å². The molecule has 2 fully saturated rings. The Balaban J connectivity index is 1.58. The minimum absolute atomic E-state index is 0.103. The minimum atomic E-state index is -2.75. The lowest BCUT2D eigenvalue weighted by Gasteiger charge is -2.26. The molecule has 6 nitrogen and oxygen atoms in total. The van der Waals surface area contributed by atoms with Crippen molar-refractivity contribution < 1.29 is 13.2 Å². The number of halogens is 2. The van der Waals surface area contributed by atoms with E-state index in [1.807, 2.05) is 0 Å². The molecule has 20 heavy (non-hydrogen) atoms. The first kappa shape index (κ1) is 12.2. The van der Waals surface area contributed by atoms with Gasteiger partial charge in [0.1, 0.15) is 4.88 Å². The molecule has 2 unspecified atom stereocenters. The molecule has 1 N–H and O–H groups in total. The van der Waals surface area contributed by atoms with Crippen LogP contribution in [0.2, 0.25) is 0 Å². The SMILES string of the molecule is FC(F)c1nnc(-c2cnc(N3CC4CC3CN4)s2)o1. The molecule has 2 atom stereocenters. The number of piperazine rings is 1. The highest BCUT2D eigenvalue weighted by atomic mass is 32.1. The van der Waals surface area contributed by atoms with Crippen molar-refractivity contribution in [3.05, 3.63) is 12.1 Å². The quantitative estimate of drug-likeness (QED) is 0.930. The van der Waals surface area contributed by atoms with Gasteiger partial charge in [-0.2, -0.15) is 8.78 Å². The molecule has 2 aliphatic rings. The summed E-state index contributed by atoms with van der Waals surface area (Å²) in [6, 6.07) is 1.000. The van der Waals surface area contributed by atoms with Gasteiger partial charge < -0.3 is 14.6 Å². The third kappa shape index (κ3) is 1.88. The highest BCUT2D eigenvalue weighted by molar-refractivity contribution is 7.18. The molecule has 0 saturated carbocycles. The molecular weight excluding hydrogens is 288 g/mol. The van der Waals surface area contributed by atoms with Crippen molar-refractivity contribution >= 4 is 16.5 Å². The van der Waals surface area contributed by atoms with Crippen LogP contribution in [0.3, 0.4) is 0 Å². The van der Waals surface area contributed by atoms with Crippen molar-refractivity contribution in [3.63, 3.8) is 0 Å². The molecule has 0 amide bonds. The Morgan fingerprint density at radius 3 is 3.00 bits per heavy atom. The topological polar surface area (TPSA) is 67.1 Å². The molecule has 2 saturated heterocycles. The molecule has 9 heteroatoms. The number of anilines is 1. The molecule has 0 aliphatic carbocycles. The smallest absolute Gasteiger partial charge is 0.314 e. The molecule has 0 radical (unpaired) electrons. The molecule has 4 rings (SSSR count). The lowest BCUT2D eigenvalue weighted by Crippen LogP contribution is -2.43. The minimum Gasteiger partial charge on any atom is -0.414 e. The first-order chi connectivity index (χ1) is 9.70. The number of aromatic nitrogens is 3. The second kappa shape index (κ2) is 4.45. The molecule has 106 valence electrons. The number of rotatable bonds is 3. The summed E-state index contributed by atoms with van der Waals surface area (Å²) in [6.45, 7) is 1.90. The number of nitrogens with one attached hydrogen (secondary N) is 1. The lowest BCUT2D eigenvalue weighted by atomic mass is 10.2. The number of nitrogens with zero attached hydrogens (tertiary/aromatic N) is 4. The Morgan fingerprint density at radius 1 is 1.45 bits per heavy atom. The Hall–Kier alpha value is -1.61. The van der Waals surface area contributed by atoms with Gasteiger partial charge in [-0.15, -0.1) is 10.2 Å². The van der Waals surface area contributed by atoms with E-state index in [1.54, 1.807) is 6.20 Å². The second-order valence-corrected chi connectivity index (χ2v) is 5.91. The van der Waals surface area contributed by atoms with Crippen molar-refractivity contribution in [3.8, 4) is 10.8 Å². The second-order valence-electron chi connectivity index (χ2n) is 4.90. The first-order valence-corrected chi connectivity index (χ1v) is 7.10. The number of fused-ring (bicyclic) bond motifs is 2. The van der Waals surface area contributed by atoms with Crippen LogP contribution in [-0.2, 0) is 0 Å². The van der Waals surface area contributed by atoms with E-state index >= 15 is 0 Å². The van der Waals surface area contributed by atoms with Crippen molar-refractivity contribution in [1.29, 1.82) is 0 Å². The van der Waals surface area contributed by atoms with Crippen LogP contribution in [0.25, 0.3) is 10.8 Å². The zero-order valence-electron chi connectivity index (χ0n) is 10.3. The summed E-state index contributed by atoms with van der Waals surface area (Å²) in [5, 5.41) is 11.3. The predicted octanol–water partition coefficient (Wildman–Crippen LogP) is 1.68. The molecule has 2 aliphatic heterocycles. The van der Waals surface area contributed by atoms with Gasteiger partial charge in [0.05, 0.1) is 6.20 Å². The molecule has 4 heterocycles. The maximum absolute atomic E-state index is 12.4. The van der Waals surface area contributed by atoms with Gasteiger partial charge in [0.2, 0.25) is 0 Å². The zero-order valence-corrected chi connectivity index (χ0v) is 11.1. The van der Waals surface area contributed by atoms with Gasteiger partial charge >= 0.3 is 6.43 Å². The molecule has 0 spiro atoms. The van der Waals surface area contributed by atoms with Crippen LogP contribution < -0.4 is 10.2 Å².